The van der Waals surface area contributed by atoms with Gasteiger partial charge in [-0.1, -0.05) is 48.8 Å². The van der Waals surface area contributed by atoms with E-state index in [1.165, 1.54) is 0 Å². The summed E-state index contributed by atoms with van der Waals surface area (Å²) in [4.78, 5) is 10.9. The number of hydrogen-bond acceptors (Lipinski definition) is 4. The number of carboxylic acid groups (broad SMARTS) is 1. The third-order valence-corrected chi connectivity index (χ3v) is 2.52. The molecular formula is C13H12LiNO3. The molecule has 0 radical (unpaired) electrons. The van der Waals surface area contributed by atoms with Crippen LogP contribution in [0, 0.1) is 0 Å². The van der Waals surface area contributed by atoms with Crippen LogP contribution >= 0.6 is 0 Å². The average Bonchev–Trinajstić information content (AvgIpc) is 2.75. The van der Waals surface area contributed by atoms with Gasteiger partial charge >= 0.3 is 18.9 Å². The zero-order chi connectivity index (χ0) is 12.3. The largest absolute Gasteiger partial charge is 1.00 e. The van der Waals surface area contributed by atoms with Crippen molar-refractivity contribution in [1.82, 2.24) is 5.16 Å². The zero-order valence-electron chi connectivity index (χ0n) is 10.5. The van der Waals surface area contributed by atoms with E-state index in [9.17, 15) is 9.90 Å². The number of carbonyl (C=O) groups is 1. The first-order valence-electron chi connectivity index (χ1n) is 5.49. The van der Waals surface area contributed by atoms with Crippen LogP contribution in [0.3, 0.4) is 0 Å². The number of hydrogen-bond donors (Lipinski definition) is 0. The molecule has 0 amide bonds. The molecule has 88 valence electrons. The quantitative estimate of drug-likeness (QED) is 0.617. The summed E-state index contributed by atoms with van der Waals surface area (Å²) < 4.78 is 4.85. The van der Waals surface area contributed by atoms with Crippen molar-refractivity contribution in [2.24, 2.45) is 0 Å². The van der Waals surface area contributed by atoms with Crippen molar-refractivity contribution < 1.29 is 33.3 Å². The minimum Gasteiger partial charge on any atom is -0.541 e. The van der Waals surface area contributed by atoms with Crippen molar-refractivity contribution in [3.8, 4) is 11.3 Å². The predicted octanol–water partition coefficient (Wildman–Crippen LogP) is -1.34. The normalized spacial score (nSPS) is 9.83. The summed E-state index contributed by atoms with van der Waals surface area (Å²) in [6, 6.07) is 9.38. The van der Waals surface area contributed by atoms with Gasteiger partial charge in [0.15, 0.2) is 5.76 Å². The Morgan fingerprint density at radius 3 is 2.56 bits per heavy atom. The van der Waals surface area contributed by atoms with Crippen molar-refractivity contribution >= 4 is 5.97 Å². The van der Waals surface area contributed by atoms with E-state index in [4.69, 9.17) is 4.52 Å². The fourth-order valence-electron chi connectivity index (χ4n) is 1.77. The molecular weight excluding hydrogens is 225 g/mol. The molecule has 0 aliphatic heterocycles. The molecule has 0 bridgehead atoms. The van der Waals surface area contributed by atoms with Crippen LogP contribution < -0.4 is 24.0 Å². The SMILES string of the molecule is CCCc1c(-c2ccccc2)noc1C(=O)[O-].[Li+]. The predicted molar refractivity (Wildman–Crippen MR) is 60.3 cm³/mol. The fourth-order valence-corrected chi connectivity index (χ4v) is 1.77. The summed E-state index contributed by atoms with van der Waals surface area (Å²) in [5, 5.41) is 14.7. The Hall–Kier alpha value is -1.50. The summed E-state index contributed by atoms with van der Waals surface area (Å²) in [5.74, 6) is -1.48. The Labute approximate surface area is 117 Å². The first-order chi connectivity index (χ1) is 8.24. The molecule has 0 aliphatic rings. The topological polar surface area (TPSA) is 66.2 Å². The molecule has 5 heteroatoms. The minimum absolute atomic E-state index is 0. The summed E-state index contributed by atoms with van der Waals surface area (Å²) in [6.07, 6.45) is 1.43. The molecule has 0 unspecified atom stereocenters. The molecule has 18 heavy (non-hydrogen) atoms. The van der Waals surface area contributed by atoms with Gasteiger partial charge < -0.3 is 14.4 Å². The molecule has 2 rings (SSSR count). The molecule has 0 spiro atoms. The number of aromatic nitrogens is 1. The van der Waals surface area contributed by atoms with E-state index in [2.05, 4.69) is 5.16 Å². The third kappa shape index (κ3) is 2.84. The van der Waals surface area contributed by atoms with Gasteiger partial charge in [-0.2, -0.15) is 0 Å². The fraction of sp³-hybridized carbons (Fsp3) is 0.231. The van der Waals surface area contributed by atoms with Crippen molar-refractivity contribution in [2.75, 3.05) is 0 Å². The van der Waals surface area contributed by atoms with Crippen molar-refractivity contribution in [3.63, 3.8) is 0 Å². The number of benzene rings is 1. The average molecular weight is 237 g/mol. The Bertz CT molecular complexity index is 522. The van der Waals surface area contributed by atoms with E-state index in [0.717, 1.165) is 12.0 Å². The van der Waals surface area contributed by atoms with E-state index in [1.54, 1.807) is 0 Å². The van der Waals surface area contributed by atoms with Gasteiger partial charge in [0.1, 0.15) is 11.7 Å². The molecule has 1 aromatic carbocycles. The second-order valence-corrected chi connectivity index (χ2v) is 3.74. The third-order valence-electron chi connectivity index (χ3n) is 2.52. The molecule has 1 aromatic heterocycles. The summed E-state index contributed by atoms with van der Waals surface area (Å²) >= 11 is 0. The Kier molecular flexibility index (Phi) is 5.20. The van der Waals surface area contributed by atoms with Gasteiger partial charge in [-0.25, -0.2) is 0 Å². The van der Waals surface area contributed by atoms with Crippen LogP contribution in [0.2, 0.25) is 0 Å². The standard InChI is InChI=1S/C13H13NO3.Li/c1-2-6-10-11(9-7-4-3-5-8-9)14-17-12(10)13(15)16;/h3-5,7-8H,2,6H2,1H3,(H,15,16);/q;+1/p-1. The number of aromatic carboxylic acids is 1. The van der Waals surface area contributed by atoms with E-state index in [0.29, 0.717) is 17.7 Å². The van der Waals surface area contributed by atoms with Crippen molar-refractivity contribution in [1.29, 1.82) is 0 Å². The van der Waals surface area contributed by atoms with E-state index in [-0.39, 0.29) is 24.6 Å². The maximum atomic E-state index is 10.9. The first kappa shape index (κ1) is 14.6. The number of rotatable bonds is 4. The molecule has 0 saturated carbocycles. The van der Waals surface area contributed by atoms with Crippen LogP contribution in [-0.2, 0) is 6.42 Å². The second-order valence-electron chi connectivity index (χ2n) is 3.74. The van der Waals surface area contributed by atoms with Crippen LogP contribution in [0.15, 0.2) is 34.9 Å². The maximum absolute atomic E-state index is 10.9. The van der Waals surface area contributed by atoms with Crippen LogP contribution in [0.1, 0.15) is 29.5 Å². The van der Waals surface area contributed by atoms with Crippen molar-refractivity contribution in [3.05, 3.63) is 41.7 Å². The first-order valence-corrected chi connectivity index (χ1v) is 5.49. The van der Waals surface area contributed by atoms with Gasteiger partial charge in [0, 0.05) is 11.1 Å². The number of carboxylic acids is 1. The number of nitrogens with zero attached hydrogens (tertiary/aromatic N) is 1. The minimum atomic E-state index is -1.32. The van der Waals surface area contributed by atoms with E-state index < -0.39 is 5.97 Å². The molecule has 0 saturated heterocycles. The molecule has 0 N–H and O–H groups in total. The Morgan fingerprint density at radius 1 is 1.33 bits per heavy atom. The van der Waals surface area contributed by atoms with Crippen molar-refractivity contribution in [2.45, 2.75) is 19.8 Å². The molecule has 0 aliphatic carbocycles. The summed E-state index contributed by atoms with van der Waals surface area (Å²) in [5.41, 5.74) is 2.05. The van der Waals surface area contributed by atoms with Gasteiger partial charge in [-0.15, -0.1) is 0 Å². The Morgan fingerprint density at radius 2 is 2.00 bits per heavy atom. The molecule has 4 nitrogen and oxygen atoms in total. The second kappa shape index (κ2) is 6.44. The molecule has 1 heterocycles. The van der Waals surface area contributed by atoms with Gasteiger partial charge in [0.25, 0.3) is 0 Å². The maximum Gasteiger partial charge on any atom is 1.00 e. The van der Waals surface area contributed by atoms with Gasteiger partial charge in [0.2, 0.25) is 0 Å². The van der Waals surface area contributed by atoms with Crippen LogP contribution in [0.4, 0.5) is 0 Å². The van der Waals surface area contributed by atoms with Gasteiger partial charge in [-0.3, -0.25) is 0 Å². The summed E-state index contributed by atoms with van der Waals surface area (Å²) in [7, 11) is 0. The van der Waals surface area contributed by atoms with Crippen LogP contribution in [-0.4, -0.2) is 11.1 Å². The summed E-state index contributed by atoms with van der Waals surface area (Å²) in [6.45, 7) is 1.97. The monoisotopic (exact) mass is 237 g/mol. The van der Waals surface area contributed by atoms with E-state index in [1.807, 2.05) is 37.3 Å². The van der Waals surface area contributed by atoms with Crippen LogP contribution in [0.5, 0.6) is 0 Å². The van der Waals surface area contributed by atoms with E-state index >= 15 is 0 Å². The van der Waals surface area contributed by atoms with Gasteiger partial charge in [0.05, 0.1) is 0 Å². The van der Waals surface area contributed by atoms with Gasteiger partial charge in [-0.05, 0) is 6.42 Å². The molecule has 0 atom stereocenters. The molecule has 0 fully saturated rings. The van der Waals surface area contributed by atoms with Crippen LogP contribution in [0.25, 0.3) is 11.3 Å². The zero-order valence-corrected chi connectivity index (χ0v) is 10.5. The number of carbonyl (C=O) groups excluding carboxylic acids is 1. The smallest absolute Gasteiger partial charge is 0.541 e. The Balaban J connectivity index is 0.00000162. The molecule has 2 aromatic rings.